The van der Waals surface area contributed by atoms with Gasteiger partial charge in [0.1, 0.15) is 6.04 Å². The molecule has 0 fully saturated rings. The molecule has 0 heterocycles. The summed E-state index contributed by atoms with van der Waals surface area (Å²) >= 11 is 0. The molecule has 0 spiro atoms. The Morgan fingerprint density at radius 1 is 0.838 bits per heavy atom. The first-order chi connectivity index (χ1) is 17.5. The van der Waals surface area contributed by atoms with Crippen LogP contribution in [0.2, 0.25) is 0 Å². The second kappa shape index (κ2) is 12.7. The fraction of sp³-hybridized carbons (Fsp3) is 0.394. The SMILES string of the molecule is Cc1cccc(CN(C(=O)CCc2ccc(C(C)(C)C)cc2)C(Cc2ccccc2)C(=O)NC(C)C)c1. The highest BCUT2D eigenvalue weighted by Gasteiger charge is 2.30. The molecule has 0 aromatic heterocycles. The summed E-state index contributed by atoms with van der Waals surface area (Å²) in [4.78, 5) is 29.0. The van der Waals surface area contributed by atoms with Gasteiger partial charge in [-0.3, -0.25) is 9.59 Å². The predicted octanol–water partition coefficient (Wildman–Crippen LogP) is 6.39. The molecule has 0 saturated heterocycles. The first kappa shape index (κ1) is 28.2. The molecule has 37 heavy (non-hydrogen) atoms. The smallest absolute Gasteiger partial charge is 0.243 e. The van der Waals surface area contributed by atoms with E-state index in [0.29, 0.717) is 25.8 Å². The molecule has 0 aliphatic heterocycles. The zero-order chi connectivity index (χ0) is 27.0. The molecule has 2 amide bonds. The molecule has 0 aliphatic rings. The second-order valence-corrected chi connectivity index (χ2v) is 11.3. The van der Waals surface area contributed by atoms with Crippen LogP contribution in [0.1, 0.15) is 68.9 Å². The highest BCUT2D eigenvalue weighted by Crippen LogP contribution is 2.23. The van der Waals surface area contributed by atoms with Crippen molar-refractivity contribution in [3.63, 3.8) is 0 Å². The van der Waals surface area contributed by atoms with Crippen LogP contribution in [-0.2, 0) is 34.4 Å². The van der Waals surface area contributed by atoms with Crippen LogP contribution in [0, 0.1) is 6.92 Å². The summed E-state index contributed by atoms with van der Waals surface area (Å²) in [5, 5.41) is 3.06. The minimum atomic E-state index is -0.596. The molecule has 1 unspecified atom stereocenters. The van der Waals surface area contributed by atoms with Gasteiger partial charge >= 0.3 is 0 Å². The zero-order valence-corrected chi connectivity index (χ0v) is 23.3. The molecule has 0 saturated carbocycles. The van der Waals surface area contributed by atoms with Crippen molar-refractivity contribution >= 4 is 11.8 Å². The summed E-state index contributed by atoms with van der Waals surface area (Å²) in [5.41, 5.74) is 5.69. The van der Waals surface area contributed by atoms with Crippen molar-refractivity contribution in [2.75, 3.05) is 0 Å². The summed E-state index contributed by atoms with van der Waals surface area (Å²) in [6, 6.07) is 26.0. The van der Waals surface area contributed by atoms with Crippen LogP contribution in [-0.4, -0.2) is 28.8 Å². The van der Waals surface area contributed by atoms with E-state index in [0.717, 1.165) is 22.3 Å². The molecule has 196 valence electrons. The summed E-state index contributed by atoms with van der Waals surface area (Å²) in [5.74, 6) is -0.129. The normalized spacial score (nSPS) is 12.3. The van der Waals surface area contributed by atoms with Crippen molar-refractivity contribution < 1.29 is 9.59 Å². The molecule has 4 heteroatoms. The van der Waals surface area contributed by atoms with Crippen molar-refractivity contribution in [3.05, 3.63) is 107 Å². The molecule has 0 radical (unpaired) electrons. The van der Waals surface area contributed by atoms with Crippen molar-refractivity contribution in [2.45, 2.75) is 84.8 Å². The van der Waals surface area contributed by atoms with Crippen LogP contribution in [0.15, 0.2) is 78.9 Å². The molecule has 3 rings (SSSR count). The Morgan fingerprint density at radius 3 is 2.08 bits per heavy atom. The van der Waals surface area contributed by atoms with Crippen LogP contribution in [0.5, 0.6) is 0 Å². The summed E-state index contributed by atoms with van der Waals surface area (Å²) in [7, 11) is 0. The summed E-state index contributed by atoms with van der Waals surface area (Å²) in [6.45, 7) is 12.9. The van der Waals surface area contributed by atoms with Gasteiger partial charge in [-0.05, 0) is 54.9 Å². The number of hydrogen-bond acceptors (Lipinski definition) is 2. The van der Waals surface area contributed by atoms with Crippen LogP contribution in [0.25, 0.3) is 0 Å². The van der Waals surface area contributed by atoms with E-state index in [4.69, 9.17) is 0 Å². The summed E-state index contributed by atoms with van der Waals surface area (Å²) < 4.78 is 0. The van der Waals surface area contributed by atoms with E-state index in [1.807, 2.05) is 69.3 Å². The Labute approximate surface area is 223 Å². The van der Waals surface area contributed by atoms with E-state index in [1.165, 1.54) is 5.56 Å². The van der Waals surface area contributed by atoms with Gasteiger partial charge in [0.25, 0.3) is 0 Å². The Bertz CT molecular complexity index is 1160. The van der Waals surface area contributed by atoms with Crippen LogP contribution >= 0.6 is 0 Å². The maximum Gasteiger partial charge on any atom is 0.243 e. The lowest BCUT2D eigenvalue weighted by molar-refractivity contribution is -0.141. The van der Waals surface area contributed by atoms with Crippen molar-refractivity contribution in [2.24, 2.45) is 0 Å². The lowest BCUT2D eigenvalue weighted by Gasteiger charge is -2.32. The van der Waals surface area contributed by atoms with Gasteiger partial charge in [0.2, 0.25) is 11.8 Å². The van der Waals surface area contributed by atoms with E-state index >= 15 is 0 Å². The molecular formula is C33H42N2O2. The number of benzene rings is 3. The third-order valence-electron chi connectivity index (χ3n) is 6.58. The Balaban J connectivity index is 1.88. The Hall–Kier alpha value is -3.40. The van der Waals surface area contributed by atoms with Crippen molar-refractivity contribution in [3.8, 4) is 0 Å². The highest BCUT2D eigenvalue weighted by atomic mass is 16.2. The number of amides is 2. The number of carbonyl (C=O) groups is 2. The Kier molecular flexibility index (Phi) is 9.68. The molecule has 3 aromatic rings. The van der Waals surface area contributed by atoms with E-state index in [1.54, 1.807) is 4.90 Å². The average molecular weight is 499 g/mol. The summed E-state index contributed by atoms with van der Waals surface area (Å²) in [6.07, 6.45) is 1.45. The van der Waals surface area contributed by atoms with E-state index < -0.39 is 6.04 Å². The van der Waals surface area contributed by atoms with Gasteiger partial charge in [-0.1, -0.05) is 105 Å². The number of hydrogen-bond donors (Lipinski definition) is 1. The largest absolute Gasteiger partial charge is 0.352 e. The monoisotopic (exact) mass is 498 g/mol. The lowest BCUT2D eigenvalue weighted by atomic mass is 9.86. The maximum absolute atomic E-state index is 13.8. The first-order valence-electron chi connectivity index (χ1n) is 13.3. The second-order valence-electron chi connectivity index (χ2n) is 11.3. The van der Waals surface area contributed by atoms with Gasteiger partial charge in [0.15, 0.2) is 0 Å². The lowest BCUT2D eigenvalue weighted by Crippen LogP contribution is -2.51. The third-order valence-corrected chi connectivity index (χ3v) is 6.58. The molecular weight excluding hydrogens is 456 g/mol. The first-order valence-corrected chi connectivity index (χ1v) is 13.3. The van der Waals surface area contributed by atoms with Crippen molar-refractivity contribution in [1.29, 1.82) is 0 Å². The fourth-order valence-corrected chi connectivity index (χ4v) is 4.51. The minimum absolute atomic E-state index is 0.0111. The van der Waals surface area contributed by atoms with Crippen LogP contribution in [0.4, 0.5) is 0 Å². The zero-order valence-electron chi connectivity index (χ0n) is 23.3. The van der Waals surface area contributed by atoms with Crippen LogP contribution in [0.3, 0.4) is 0 Å². The van der Waals surface area contributed by atoms with Gasteiger partial charge in [-0.2, -0.15) is 0 Å². The Morgan fingerprint density at radius 2 is 1.49 bits per heavy atom. The van der Waals surface area contributed by atoms with E-state index in [2.05, 4.69) is 56.4 Å². The fourth-order valence-electron chi connectivity index (χ4n) is 4.51. The number of aryl methyl sites for hydroxylation is 2. The van der Waals surface area contributed by atoms with Gasteiger partial charge in [0, 0.05) is 25.4 Å². The van der Waals surface area contributed by atoms with Gasteiger partial charge in [0.05, 0.1) is 0 Å². The number of carbonyl (C=O) groups excluding carboxylic acids is 2. The quantitative estimate of drug-likeness (QED) is 0.352. The standard InChI is InChI=1S/C33H42N2O2/c1-24(2)34-32(37)30(22-27-12-8-7-9-13-27)35(23-28-14-10-11-25(3)21-28)31(36)20-17-26-15-18-29(19-16-26)33(4,5)6/h7-16,18-19,21,24,30H,17,20,22-23H2,1-6H3,(H,34,37). The third kappa shape index (κ3) is 8.59. The molecule has 0 aliphatic carbocycles. The molecule has 4 nitrogen and oxygen atoms in total. The number of nitrogens with one attached hydrogen (secondary N) is 1. The maximum atomic E-state index is 13.8. The number of rotatable bonds is 10. The minimum Gasteiger partial charge on any atom is -0.352 e. The molecule has 3 aromatic carbocycles. The predicted molar refractivity (Wildman–Crippen MR) is 152 cm³/mol. The van der Waals surface area contributed by atoms with Crippen molar-refractivity contribution in [1.82, 2.24) is 10.2 Å². The topological polar surface area (TPSA) is 49.4 Å². The average Bonchev–Trinajstić information content (AvgIpc) is 2.84. The molecule has 1 atom stereocenters. The van der Waals surface area contributed by atoms with E-state index in [-0.39, 0.29) is 23.3 Å². The highest BCUT2D eigenvalue weighted by molar-refractivity contribution is 5.88. The van der Waals surface area contributed by atoms with E-state index in [9.17, 15) is 9.59 Å². The molecule has 1 N–H and O–H groups in total. The number of nitrogens with zero attached hydrogens (tertiary/aromatic N) is 1. The molecule has 0 bridgehead atoms. The van der Waals surface area contributed by atoms with Gasteiger partial charge < -0.3 is 10.2 Å². The van der Waals surface area contributed by atoms with Crippen LogP contribution < -0.4 is 5.32 Å². The van der Waals surface area contributed by atoms with Gasteiger partial charge in [-0.25, -0.2) is 0 Å². The van der Waals surface area contributed by atoms with Gasteiger partial charge in [-0.15, -0.1) is 0 Å².